The molecule has 6 nitrogen and oxygen atoms in total. The van der Waals surface area contributed by atoms with Crippen LogP contribution < -0.4 is 5.32 Å². The minimum Gasteiger partial charge on any atom is -0.378 e. The largest absolute Gasteiger partial charge is 0.378 e. The Morgan fingerprint density at radius 3 is 2.54 bits per heavy atom. The number of hydrogen-bond donors (Lipinski definition) is 1. The number of nitrogens with one attached hydrogen (secondary N) is 1. The van der Waals surface area contributed by atoms with Crippen molar-refractivity contribution < 1.29 is 9.53 Å². The number of anilines is 1. The number of para-hydroxylation sites is 1. The fourth-order valence-electron chi connectivity index (χ4n) is 3.01. The molecule has 1 saturated heterocycles. The average molecular weight is 328 g/mol. The number of morpholine rings is 1. The number of hydrogen-bond acceptors (Lipinski definition) is 4. The highest BCUT2D eigenvalue weighted by molar-refractivity contribution is 5.84. The molecule has 1 amide bonds. The maximum atomic E-state index is 12.6. The van der Waals surface area contributed by atoms with Crippen LogP contribution in [0.3, 0.4) is 0 Å². The van der Waals surface area contributed by atoms with E-state index in [1.807, 2.05) is 60.7 Å². The molecule has 3 rings (SSSR count). The van der Waals surface area contributed by atoms with Gasteiger partial charge in [-0.3, -0.25) is 4.79 Å². The number of amides is 1. The molecule has 1 unspecified atom stereocenters. The predicted molar refractivity (Wildman–Crippen MR) is 93.5 cm³/mol. The van der Waals surface area contributed by atoms with E-state index < -0.39 is 0 Å². The van der Waals surface area contributed by atoms with Gasteiger partial charge in [0.05, 0.1) is 36.0 Å². The van der Waals surface area contributed by atoms with E-state index in [1.54, 1.807) is 0 Å². The van der Waals surface area contributed by atoms with Crippen molar-refractivity contribution >= 4 is 11.6 Å². The maximum Gasteiger partial charge on any atom is 0.244 e. The lowest BCUT2D eigenvalue weighted by atomic mass is 10.2. The van der Waals surface area contributed by atoms with Gasteiger partial charge in [-0.1, -0.05) is 18.2 Å². The zero-order chi connectivity index (χ0) is 17.1. The smallest absolute Gasteiger partial charge is 0.244 e. The third-order valence-corrected chi connectivity index (χ3v) is 4.35. The molecule has 0 bridgehead atoms. The molecule has 0 saturated carbocycles. The van der Waals surface area contributed by atoms with Gasteiger partial charge in [0, 0.05) is 13.1 Å². The van der Waals surface area contributed by atoms with Crippen LogP contribution in [-0.4, -0.2) is 52.9 Å². The van der Waals surface area contributed by atoms with Crippen LogP contribution in [0.15, 0.2) is 30.3 Å². The number of nitrogens with zero attached hydrogens (tertiary/aromatic N) is 3. The molecular weight excluding hydrogens is 304 g/mol. The van der Waals surface area contributed by atoms with E-state index in [0.29, 0.717) is 26.3 Å². The van der Waals surface area contributed by atoms with Crippen molar-refractivity contribution in [2.24, 2.45) is 0 Å². The Morgan fingerprint density at radius 2 is 1.88 bits per heavy atom. The van der Waals surface area contributed by atoms with Crippen molar-refractivity contribution in [3.8, 4) is 5.69 Å². The number of carbonyl (C=O) groups is 1. The van der Waals surface area contributed by atoms with Crippen LogP contribution in [0.2, 0.25) is 0 Å². The Kier molecular flexibility index (Phi) is 4.85. The number of ether oxygens (including phenoxy) is 1. The summed E-state index contributed by atoms with van der Waals surface area (Å²) in [5.74, 6) is 0.101. The Labute approximate surface area is 142 Å². The topological polar surface area (TPSA) is 59.4 Å². The summed E-state index contributed by atoms with van der Waals surface area (Å²) in [6.07, 6.45) is 0. The van der Waals surface area contributed by atoms with Crippen LogP contribution in [0, 0.1) is 13.8 Å². The van der Waals surface area contributed by atoms with E-state index in [9.17, 15) is 4.79 Å². The molecule has 0 aliphatic carbocycles. The van der Waals surface area contributed by atoms with Crippen molar-refractivity contribution in [3.63, 3.8) is 0 Å². The van der Waals surface area contributed by atoms with Gasteiger partial charge in [-0.05, 0) is 32.9 Å². The Bertz CT molecular complexity index is 705. The number of aromatic nitrogens is 2. The molecule has 0 radical (unpaired) electrons. The number of aryl methyl sites for hydroxylation is 1. The first-order valence-electron chi connectivity index (χ1n) is 8.32. The highest BCUT2D eigenvalue weighted by atomic mass is 16.5. The van der Waals surface area contributed by atoms with Crippen LogP contribution in [-0.2, 0) is 9.53 Å². The normalized spacial score (nSPS) is 16.0. The highest BCUT2D eigenvalue weighted by Gasteiger charge is 2.24. The van der Waals surface area contributed by atoms with E-state index in [0.717, 1.165) is 22.8 Å². The lowest BCUT2D eigenvalue weighted by Gasteiger charge is -2.29. The zero-order valence-electron chi connectivity index (χ0n) is 14.5. The van der Waals surface area contributed by atoms with Gasteiger partial charge >= 0.3 is 0 Å². The Morgan fingerprint density at radius 1 is 1.21 bits per heavy atom. The molecule has 1 aliphatic heterocycles. The van der Waals surface area contributed by atoms with Gasteiger partial charge in [0.2, 0.25) is 5.91 Å². The van der Waals surface area contributed by atoms with E-state index in [4.69, 9.17) is 4.74 Å². The summed E-state index contributed by atoms with van der Waals surface area (Å²) >= 11 is 0. The van der Waals surface area contributed by atoms with Gasteiger partial charge in [0.15, 0.2) is 0 Å². The van der Waals surface area contributed by atoms with E-state index in [1.165, 1.54) is 0 Å². The van der Waals surface area contributed by atoms with Crippen LogP contribution in [0.4, 0.5) is 5.69 Å². The molecule has 1 aromatic heterocycles. The van der Waals surface area contributed by atoms with E-state index in [2.05, 4.69) is 10.4 Å². The van der Waals surface area contributed by atoms with Crippen molar-refractivity contribution in [1.29, 1.82) is 0 Å². The molecule has 128 valence electrons. The van der Waals surface area contributed by atoms with Crippen molar-refractivity contribution in [2.75, 3.05) is 31.6 Å². The quantitative estimate of drug-likeness (QED) is 0.934. The summed E-state index contributed by atoms with van der Waals surface area (Å²) in [5, 5.41) is 7.96. The molecule has 1 aliphatic rings. The highest BCUT2D eigenvalue weighted by Crippen LogP contribution is 2.23. The summed E-state index contributed by atoms with van der Waals surface area (Å²) in [6, 6.07) is 9.70. The van der Waals surface area contributed by atoms with Crippen molar-refractivity contribution in [1.82, 2.24) is 14.7 Å². The minimum absolute atomic E-state index is 0.101. The molecule has 1 N–H and O–H groups in total. The summed E-state index contributed by atoms with van der Waals surface area (Å²) < 4.78 is 7.22. The Balaban J connectivity index is 1.77. The summed E-state index contributed by atoms with van der Waals surface area (Å²) in [7, 11) is 0. The monoisotopic (exact) mass is 328 g/mol. The van der Waals surface area contributed by atoms with Gasteiger partial charge < -0.3 is 15.0 Å². The summed E-state index contributed by atoms with van der Waals surface area (Å²) in [5.41, 5.74) is 3.82. The number of rotatable bonds is 4. The summed E-state index contributed by atoms with van der Waals surface area (Å²) in [6.45, 7) is 8.42. The average Bonchev–Trinajstić information content (AvgIpc) is 2.90. The molecule has 2 heterocycles. The van der Waals surface area contributed by atoms with Crippen molar-refractivity contribution in [3.05, 3.63) is 41.7 Å². The van der Waals surface area contributed by atoms with Gasteiger partial charge in [-0.25, -0.2) is 4.68 Å². The standard InChI is InChI=1S/C18H24N4O2/c1-13-17(15(3)22(20-13)16-7-5-4-6-8-16)19-14(2)18(23)21-9-11-24-12-10-21/h4-8,14,19H,9-12H2,1-3H3. The fraction of sp³-hybridized carbons (Fsp3) is 0.444. The van der Waals surface area contributed by atoms with Crippen molar-refractivity contribution in [2.45, 2.75) is 26.8 Å². The molecule has 24 heavy (non-hydrogen) atoms. The first kappa shape index (κ1) is 16.5. The lowest BCUT2D eigenvalue weighted by Crippen LogP contribution is -2.47. The second-order valence-corrected chi connectivity index (χ2v) is 6.10. The third kappa shape index (κ3) is 3.28. The van der Waals surface area contributed by atoms with Gasteiger partial charge in [0.1, 0.15) is 6.04 Å². The van der Waals surface area contributed by atoms with Crippen LogP contribution in [0.25, 0.3) is 5.69 Å². The summed E-state index contributed by atoms with van der Waals surface area (Å²) in [4.78, 5) is 14.4. The molecule has 0 spiro atoms. The predicted octanol–water partition coefficient (Wildman–Crippen LogP) is 2.15. The van der Waals surface area contributed by atoms with E-state index >= 15 is 0 Å². The van der Waals surface area contributed by atoms with Gasteiger partial charge in [0.25, 0.3) is 0 Å². The number of benzene rings is 1. The van der Waals surface area contributed by atoms with Crippen LogP contribution >= 0.6 is 0 Å². The second kappa shape index (κ2) is 7.05. The second-order valence-electron chi connectivity index (χ2n) is 6.10. The Hall–Kier alpha value is -2.34. The third-order valence-electron chi connectivity index (χ3n) is 4.35. The molecular formula is C18H24N4O2. The van der Waals surface area contributed by atoms with Crippen LogP contribution in [0.5, 0.6) is 0 Å². The molecule has 1 atom stereocenters. The zero-order valence-corrected chi connectivity index (χ0v) is 14.5. The minimum atomic E-state index is -0.297. The fourth-order valence-corrected chi connectivity index (χ4v) is 3.01. The number of carbonyl (C=O) groups excluding carboxylic acids is 1. The first-order chi connectivity index (χ1) is 11.6. The van der Waals surface area contributed by atoms with Gasteiger partial charge in [-0.15, -0.1) is 0 Å². The molecule has 1 fully saturated rings. The molecule has 1 aromatic carbocycles. The molecule has 2 aromatic rings. The van der Waals surface area contributed by atoms with Crippen LogP contribution in [0.1, 0.15) is 18.3 Å². The van der Waals surface area contributed by atoms with Gasteiger partial charge in [-0.2, -0.15) is 5.10 Å². The SMILES string of the molecule is Cc1nn(-c2ccccc2)c(C)c1NC(C)C(=O)N1CCOCC1. The maximum absolute atomic E-state index is 12.6. The van der Waals surface area contributed by atoms with E-state index in [-0.39, 0.29) is 11.9 Å². The molecule has 6 heteroatoms. The first-order valence-corrected chi connectivity index (χ1v) is 8.32. The lowest BCUT2D eigenvalue weighted by molar-refractivity contribution is -0.135.